The fourth-order valence-electron chi connectivity index (χ4n) is 5.11. The number of amides is 2. The second-order valence-corrected chi connectivity index (χ2v) is 8.18. The molecule has 1 aromatic carbocycles. The van der Waals surface area contributed by atoms with Crippen LogP contribution in [0.4, 0.5) is 0 Å². The standard InChI is InChI=1S/C23H30N2O3/c1-2-28-19-10-5-7-17(15-19)16-24-22(27)23-13-6-11-20(23)25(21(26)12-14-23)18-8-3-4-9-18/h5,7,10-11,15,18H,2-4,6,8-9,12-14,16H2,1H3,(H,24,27). The van der Waals surface area contributed by atoms with Crippen LogP contribution in [0.25, 0.3) is 0 Å². The van der Waals surface area contributed by atoms with Crippen LogP contribution in [0.1, 0.15) is 63.9 Å². The summed E-state index contributed by atoms with van der Waals surface area (Å²) in [7, 11) is 0. The molecule has 2 aliphatic carbocycles. The number of carbonyl (C=O) groups excluding carboxylic acids is 2. The van der Waals surface area contributed by atoms with Gasteiger partial charge in [0.1, 0.15) is 5.75 Å². The summed E-state index contributed by atoms with van der Waals surface area (Å²) >= 11 is 0. The Bertz CT molecular complexity index is 782. The molecule has 1 aromatic rings. The van der Waals surface area contributed by atoms with Gasteiger partial charge < -0.3 is 15.0 Å². The zero-order valence-corrected chi connectivity index (χ0v) is 16.7. The lowest BCUT2D eigenvalue weighted by molar-refractivity contribution is -0.141. The van der Waals surface area contributed by atoms with E-state index in [0.29, 0.717) is 26.0 Å². The van der Waals surface area contributed by atoms with Crippen LogP contribution in [-0.4, -0.2) is 29.4 Å². The average molecular weight is 383 g/mol. The number of benzene rings is 1. The molecule has 0 spiro atoms. The number of rotatable bonds is 6. The van der Waals surface area contributed by atoms with E-state index in [1.165, 1.54) is 12.8 Å². The van der Waals surface area contributed by atoms with E-state index in [9.17, 15) is 9.59 Å². The van der Waals surface area contributed by atoms with E-state index in [1.807, 2.05) is 36.1 Å². The van der Waals surface area contributed by atoms with Gasteiger partial charge in [-0.25, -0.2) is 0 Å². The molecule has 1 N–H and O–H groups in total. The first kappa shape index (κ1) is 19.0. The predicted octanol–water partition coefficient (Wildman–Crippen LogP) is 3.93. The van der Waals surface area contributed by atoms with Crippen molar-refractivity contribution in [3.8, 4) is 5.75 Å². The molecule has 0 radical (unpaired) electrons. The Morgan fingerprint density at radius 1 is 1.29 bits per heavy atom. The van der Waals surface area contributed by atoms with Crippen molar-refractivity contribution in [2.45, 2.75) is 70.9 Å². The molecule has 150 valence electrons. The van der Waals surface area contributed by atoms with E-state index in [2.05, 4.69) is 11.4 Å². The number of hydrogen-bond acceptors (Lipinski definition) is 3. The van der Waals surface area contributed by atoms with Crippen LogP contribution in [0.15, 0.2) is 36.0 Å². The molecule has 1 atom stereocenters. The van der Waals surface area contributed by atoms with E-state index in [0.717, 1.165) is 42.7 Å². The number of likely N-dealkylation sites (tertiary alicyclic amines) is 1. The molecule has 1 unspecified atom stereocenters. The summed E-state index contributed by atoms with van der Waals surface area (Å²) in [6, 6.07) is 8.14. The highest BCUT2D eigenvalue weighted by Gasteiger charge is 2.52. The third-order valence-electron chi connectivity index (χ3n) is 6.48. The summed E-state index contributed by atoms with van der Waals surface area (Å²) in [5, 5.41) is 3.15. The molecular weight excluding hydrogens is 352 g/mol. The molecule has 1 saturated heterocycles. The Morgan fingerprint density at radius 2 is 2.11 bits per heavy atom. The topological polar surface area (TPSA) is 58.6 Å². The molecule has 0 aromatic heterocycles. The van der Waals surface area contributed by atoms with E-state index in [1.54, 1.807) is 0 Å². The van der Waals surface area contributed by atoms with Crippen LogP contribution >= 0.6 is 0 Å². The van der Waals surface area contributed by atoms with Gasteiger partial charge in [-0.2, -0.15) is 0 Å². The van der Waals surface area contributed by atoms with Gasteiger partial charge in [0.2, 0.25) is 11.8 Å². The number of carbonyl (C=O) groups is 2. The lowest BCUT2D eigenvalue weighted by Gasteiger charge is -2.44. The molecule has 5 nitrogen and oxygen atoms in total. The molecule has 0 bridgehead atoms. The summed E-state index contributed by atoms with van der Waals surface area (Å²) in [5.74, 6) is 1.09. The van der Waals surface area contributed by atoms with Gasteiger partial charge in [-0.3, -0.25) is 9.59 Å². The van der Waals surface area contributed by atoms with E-state index >= 15 is 0 Å². The maximum atomic E-state index is 13.3. The van der Waals surface area contributed by atoms with Crippen LogP contribution < -0.4 is 10.1 Å². The van der Waals surface area contributed by atoms with Crippen LogP contribution in [0, 0.1) is 5.41 Å². The van der Waals surface area contributed by atoms with Crippen molar-refractivity contribution in [1.82, 2.24) is 10.2 Å². The van der Waals surface area contributed by atoms with Gasteiger partial charge >= 0.3 is 0 Å². The fraction of sp³-hybridized carbons (Fsp3) is 0.565. The van der Waals surface area contributed by atoms with E-state index in [4.69, 9.17) is 4.74 Å². The Labute approximate surface area is 167 Å². The molecule has 2 fully saturated rings. The molecule has 28 heavy (non-hydrogen) atoms. The third-order valence-corrected chi connectivity index (χ3v) is 6.48. The summed E-state index contributed by atoms with van der Waals surface area (Å²) in [6.07, 6.45) is 9.41. The van der Waals surface area contributed by atoms with Gasteiger partial charge in [0.15, 0.2) is 0 Å². The normalized spacial score (nSPS) is 24.8. The first-order chi connectivity index (χ1) is 13.6. The smallest absolute Gasteiger partial charge is 0.232 e. The predicted molar refractivity (Wildman–Crippen MR) is 108 cm³/mol. The molecule has 1 heterocycles. The Morgan fingerprint density at radius 3 is 2.89 bits per heavy atom. The monoisotopic (exact) mass is 382 g/mol. The number of ether oxygens (including phenoxy) is 1. The van der Waals surface area contributed by atoms with Crippen molar-refractivity contribution in [2.24, 2.45) is 5.41 Å². The van der Waals surface area contributed by atoms with Crippen molar-refractivity contribution >= 4 is 11.8 Å². The third kappa shape index (κ3) is 3.43. The van der Waals surface area contributed by atoms with Crippen molar-refractivity contribution in [1.29, 1.82) is 0 Å². The second kappa shape index (κ2) is 7.98. The zero-order valence-electron chi connectivity index (χ0n) is 16.7. The molecule has 4 rings (SSSR count). The summed E-state index contributed by atoms with van der Waals surface area (Å²) < 4.78 is 5.55. The number of hydrogen-bond donors (Lipinski definition) is 1. The molecule has 5 heteroatoms. The minimum Gasteiger partial charge on any atom is -0.494 e. The number of fused-ring (bicyclic) bond motifs is 1. The Kier molecular flexibility index (Phi) is 5.42. The first-order valence-electron chi connectivity index (χ1n) is 10.7. The zero-order chi connectivity index (χ0) is 19.6. The van der Waals surface area contributed by atoms with Gasteiger partial charge in [0.05, 0.1) is 12.0 Å². The van der Waals surface area contributed by atoms with E-state index in [-0.39, 0.29) is 17.9 Å². The van der Waals surface area contributed by atoms with Crippen molar-refractivity contribution in [2.75, 3.05) is 6.61 Å². The highest BCUT2D eigenvalue weighted by Crippen LogP contribution is 2.50. The van der Waals surface area contributed by atoms with Crippen LogP contribution in [0.3, 0.4) is 0 Å². The quantitative estimate of drug-likeness (QED) is 0.811. The Balaban J connectivity index is 1.49. The number of allylic oxidation sites excluding steroid dienone is 1. The fourth-order valence-corrected chi connectivity index (χ4v) is 5.11. The van der Waals surface area contributed by atoms with Crippen LogP contribution in [-0.2, 0) is 16.1 Å². The van der Waals surface area contributed by atoms with Crippen LogP contribution in [0.5, 0.6) is 5.75 Å². The Hall–Kier alpha value is -2.30. The highest BCUT2D eigenvalue weighted by atomic mass is 16.5. The molecular formula is C23H30N2O3. The SMILES string of the molecule is CCOc1cccc(CNC(=O)C23CCC=C2N(C2CCCC2)C(=O)CC3)c1. The lowest BCUT2D eigenvalue weighted by Crippen LogP contribution is -2.52. The summed E-state index contributed by atoms with van der Waals surface area (Å²) in [5.41, 5.74) is 1.48. The van der Waals surface area contributed by atoms with Crippen molar-refractivity contribution in [3.63, 3.8) is 0 Å². The number of nitrogens with zero attached hydrogens (tertiary/aromatic N) is 1. The van der Waals surface area contributed by atoms with Crippen molar-refractivity contribution < 1.29 is 14.3 Å². The van der Waals surface area contributed by atoms with Gasteiger partial charge in [0, 0.05) is 24.7 Å². The summed E-state index contributed by atoms with van der Waals surface area (Å²) in [6.45, 7) is 3.06. The molecule has 1 saturated carbocycles. The number of piperidine rings is 1. The maximum absolute atomic E-state index is 13.3. The molecule has 3 aliphatic rings. The van der Waals surface area contributed by atoms with E-state index < -0.39 is 5.41 Å². The van der Waals surface area contributed by atoms with Gasteiger partial charge in [-0.15, -0.1) is 0 Å². The molecule has 2 amide bonds. The lowest BCUT2D eigenvalue weighted by atomic mass is 9.75. The van der Waals surface area contributed by atoms with Gasteiger partial charge in [0.25, 0.3) is 0 Å². The van der Waals surface area contributed by atoms with Gasteiger partial charge in [-0.1, -0.05) is 31.1 Å². The minimum atomic E-state index is -0.534. The minimum absolute atomic E-state index is 0.0635. The largest absolute Gasteiger partial charge is 0.494 e. The molecule has 1 aliphatic heterocycles. The summed E-state index contributed by atoms with van der Waals surface area (Å²) in [4.78, 5) is 28.0. The maximum Gasteiger partial charge on any atom is 0.232 e. The van der Waals surface area contributed by atoms with Crippen LogP contribution in [0.2, 0.25) is 0 Å². The van der Waals surface area contributed by atoms with Gasteiger partial charge in [-0.05, 0) is 56.7 Å². The van der Waals surface area contributed by atoms with Crippen molar-refractivity contribution in [3.05, 3.63) is 41.6 Å². The second-order valence-electron chi connectivity index (χ2n) is 8.18. The first-order valence-corrected chi connectivity index (χ1v) is 10.7. The highest BCUT2D eigenvalue weighted by molar-refractivity contribution is 5.91. The average Bonchev–Trinajstić information content (AvgIpc) is 3.37. The number of nitrogens with one attached hydrogen (secondary N) is 1.